The molecular weight excluding hydrogens is 366 g/mol. The van der Waals surface area contributed by atoms with Crippen LogP contribution in [0.25, 0.3) is 0 Å². The minimum atomic E-state index is -2.71. The second-order valence-electron chi connectivity index (χ2n) is 9.21. The maximum Gasteiger partial charge on any atom is 0.264 e. The van der Waals surface area contributed by atoms with Crippen LogP contribution in [0.5, 0.6) is 0 Å². The van der Waals surface area contributed by atoms with Gasteiger partial charge in [-0.2, -0.15) is 0 Å². The van der Waals surface area contributed by atoms with Gasteiger partial charge in [0.25, 0.3) is 8.32 Å². The summed E-state index contributed by atoms with van der Waals surface area (Å²) in [6.45, 7) is 10.4. The normalized spacial score (nSPS) is 28.9. The van der Waals surface area contributed by atoms with Gasteiger partial charge in [0, 0.05) is 12.0 Å². The molecule has 152 valence electrons. The molecule has 0 unspecified atom stereocenters. The molecule has 0 bridgehead atoms. The summed E-state index contributed by atoms with van der Waals surface area (Å²) in [6.07, 6.45) is -1.12. The van der Waals surface area contributed by atoms with Crippen LogP contribution >= 0.6 is 0 Å². The van der Waals surface area contributed by atoms with Crippen LogP contribution in [0, 0.1) is 0 Å². The Kier molecular flexibility index (Phi) is 5.85. The maximum absolute atomic E-state index is 10.4. The lowest BCUT2D eigenvalue weighted by Gasteiger charge is -2.49. The van der Waals surface area contributed by atoms with Crippen molar-refractivity contribution in [3.63, 3.8) is 0 Å². The van der Waals surface area contributed by atoms with E-state index in [1.807, 2.05) is 26.0 Å². The third kappa shape index (κ3) is 3.82. The number of hydrogen-bond acceptors (Lipinski definition) is 4. The second-order valence-corrected chi connectivity index (χ2v) is 13.5. The topological polar surface area (TPSA) is 64.7 Å². The summed E-state index contributed by atoms with van der Waals surface area (Å²) in [5.41, 5.74) is 5.66. The van der Waals surface area contributed by atoms with Crippen LogP contribution in [0.15, 0.2) is 60.7 Å². The van der Waals surface area contributed by atoms with Gasteiger partial charge >= 0.3 is 0 Å². The Hall–Kier alpha value is -1.50. The number of aliphatic hydroxyl groups is 1. The molecule has 0 saturated carbocycles. The summed E-state index contributed by atoms with van der Waals surface area (Å²) >= 11 is 0. The number of ether oxygens (including phenoxy) is 1. The van der Waals surface area contributed by atoms with Crippen LogP contribution in [0.4, 0.5) is 0 Å². The molecule has 1 heterocycles. The maximum atomic E-state index is 10.4. The third-order valence-corrected chi connectivity index (χ3v) is 10.8. The lowest BCUT2D eigenvalue weighted by atomic mass is 9.86. The van der Waals surface area contributed by atoms with Gasteiger partial charge in [-0.1, -0.05) is 81.4 Å². The molecule has 3 N–H and O–H groups in total. The summed E-state index contributed by atoms with van der Waals surface area (Å²) in [5.74, 6) is 0. The summed E-state index contributed by atoms with van der Waals surface area (Å²) in [7, 11) is -2.71. The Bertz CT molecular complexity index is 734. The SMILES string of the molecule is C[C@@H]1O[C@H](O[Si](c2ccccc2)(c2ccccc2)C(C)(C)C)C[C@](C)(N)[C@H]1O. The average molecular weight is 400 g/mol. The molecule has 4 nitrogen and oxygen atoms in total. The fourth-order valence-corrected chi connectivity index (χ4v) is 8.88. The van der Waals surface area contributed by atoms with E-state index in [1.54, 1.807) is 0 Å². The first-order valence-electron chi connectivity index (χ1n) is 9.99. The molecule has 1 fully saturated rings. The van der Waals surface area contributed by atoms with E-state index in [2.05, 4.69) is 69.3 Å². The Labute approximate surface area is 169 Å². The zero-order valence-electron chi connectivity index (χ0n) is 17.6. The molecule has 1 aliphatic rings. The van der Waals surface area contributed by atoms with Crippen LogP contribution in [-0.2, 0) is 9.16 Å². The third-order valence-electron chi connectivity index (χ3n) is 5.82. The van der Waals surface area contributed by atoms with E-state index in [9.17, 15) is 5.11 Å². The Balaban J connectivity index is 2.12. The predicted molar refractivity (Wildman–Crippen MR) is 116 cm³/mol. The monoisotopic (exact) mass is 399 g/mol. The highest BCUT2D eigenvalue weighted by Gasteiger charge is 2.53. The Morgan fingerprint density at radius 3 is 1.89 bits per heavy atom. The van der Waals surface area contributed by atoms with Crippen LogP contribution in [-0.4, -0.2) is 37.5 Å². The van der Waals surface area contributed by atoms with Crippen LogP contribution in [0.1, 0.15) is 41.0 Å². The minimum absolute atomic E-state index is 0.136. The molecule has 5 heteroatoms. The van der Waals surface area contributed by atoms with Gasteiger partial charge in [-0.05, 0) is 29.3 Å². The summed E-state index contributed by atoms with van der Waals surface area (Å²) in [6, 6.07) is 21.0. The van der Waals surface area contributed by atoms with E-state index in [0.717, 1.165) is 0 Å². The molecule has 0 radical (unpaired) electrons. The number of benzene rings is 2. The molecule has 28 heavy (non-hydrogen) atoms. The van der Waals surface area contributed by atoms with Crippen LogP contribution < -0.4 is 16.1 Å². The average Bonchev–Trinajstić information content (AvgIpc) is 2.64. The zero-order valence-corrected chi connectivity index (χ0v) is 18.6. The molecule has 4 atom stereocenters. The summed E-state index contributed by atoms with van der Waals surface area (Å²) < 4.78 is 13.1. The highest BCUT2D eigenvalue weighted by atomic mass is 28.4. The Morgan fingerprint density at radius 1 is 1.04 bits per heavy atom. The molecule has 0 aliphatic carbocycles. The lowest BCUT2D eigenvalue weighted by molar-refractivity contribution is -0.207. The number of aliphatic hydroxyl groups excluding tert-OH is 1. The van der Waals surface area contributed by atoms with Gasteiger partial charge in [0.1, 0.15) is 0 Å². The molecule has 0 amide bonds. The standard InChI is InChI=1S/C23H33NO3Si/c1-17-21(25)23(5,24)16-20(26-17)27-28(22(2,3)4,18-12-8-6-9-13-18)19-14-10-7-11-15-19/h6-15,17,20-21,25H,16,24H2,1-5H3/t17-,20+,21-,23-/m0/s1. The van der Waals surface area contributed by atoms with Crippen molar-refractivity contribution in [3.8, 4) is 0 Å². The van der Waals surface area contributed by atoms with Gasteiger partial charge in [0.05, 0.1) is 12.2 Å². The van der Waals surface area contributed by atoms with Crippen molar-refractivity contribution >= 4 is 18.7 Å². The van der Waals surface area contributed by atoms with E-state index in [-0.39, 0.29) is 11.1 Å². The highest BCUT2D eigenvalue weighted by molar-refractivity contribution is 6.99. The van der Waals surface area contributed by atoms with Gasteiger partial charge in [0.15, 0.2) is 6.29 Å². The van der Waals surface area contributed by atoms with Gasteiger partial charge in [-0.3, -0.25) is 0 Å². The van der Waals surface area contributed by atoms with Crippen molar-refractivity contribution in [1.29, 1.82) is 0 Å². The van der Waals surface area contributed by atoms with Gasteiger partial charge in [-0.25, -0.2) is 0 Å². The lowest BCUT2D eigenvalue weighted by Crippen LogP contribution is -2.70. The van der Waals surface area contributed by atoms with Crippen molar-refractivity contribution in [1.82, 2.24) is 0 Å². The molecular formula is C23H33NO3Si. The van der Waals surface area contributed by atoms with Crippen molar-refractivity contribution in [2.45, 2.75) is 70.1 Å². The van der Waals surface area contributed by atoms with E-state index < -0.39 is 26.3 Å². The first-order chi connectivity index (χ1) is 13.1. The minimum Gasteiger partial charge on any atom is -0.389 e. The van der Waals surface area contributed by atoms with Crippen LogP contribution in [0.3, 0.4) is 0 Å². The van der Waals surface area contributed by atoms with Crippen LogP contribution in [0.2, 0.25) is 5.04 Å². The van der Waals surface area contributed by atoms with E-state index >= 15 is 0 Å². The zero-order chi connectivity index (χ0) is 20.6. The van der Waals surface area contributed by atoms with Gasteiger partial charge in [-0.15, -0.1) is 0 Å². The van der Waals surface area contributed by atoms with E-state index in [4.69, 9.17) is 14.9 Å². The molecule has 2 aromatic carbocycles. The fourth-order valence-electron chi connectivity index (χ4n) is 4.34. The smallest absolute Gasteiger partial charge is 0.264 e. The van der Waals surface area contributed by atoms with Crippen molar-refractivity contribution < 1.29 is 14.3 Å². The summed E-state index contributed by atoms with van der Waals surface area (Å²) in [5, 5.41) is 12.7. The van der Waals surface area contributed by atoms with E-state index in [0.29, 0.717) is 6.42 Å². The number of hydrogen-bond donors (Lipinski definition) is 2. The second kappa shape index (κ2) is 7.73. The van der Waals surface area contributed by atoms with Crippen molar-refractivity contribution in [2.75, 3.05) is 0 Å². The predicted octanol–water partition coefficient (Wildman–Crippen LogP) is 2.78. The molecule has 2 aromatic rings. The first kappa shape index (κ1) is 21.2. The van der Waals surface area contributed by atoms with Gasteiger partial charge in [0.2, 0.25) is 0 Å². The first-order valence-corrected chi connectivity index (χ1v) is 11.9. The summed E-state index contributed by atoms with van der Waals surface area (Å²) in [4.78, 5) is 0. The quantitative estimate of drug-likeness (QED) is 0.776. The number of rotatable bonds is 4. The fraction of sp³-hybridized carbons (Fsp3) is 0.478. The van der Waals surface area contributed by atoms with Crippen molar-refractivity contribution in [2.24, 2.45) is 5.73 Å². The molecule has 0 spiro atoms. The Morgan fingerprint density at radius 2 is 1.50 bits per heavy atom. The molecule has 3 rings (SSSR count). The molecule has 1 aliphatic heterocycles. The van der Waals surface area contributed by atoms with Crippen molar-refractivity contribution in [3.05, 3.63) is 60.7 Å². The number of nitrogens with two attached hydrogens (primary N) is 1. The van der Waals surface area contributed by atoms with E-state index in [1.165, 1.54) is 10.4 Å². The highest BCUT2D eigenvalue weighted by Crippen LogP contribution is 2.39. The molecule has 0 aromatic heterocycles. The van der Waals surface area contributed by atoms with Gasteiger partial charge < -0.3 is 20.0 Å². The largest absolute Gasteiger partial charge is 0.389 e. The molecule has 1 saturated heterocycles.